The number of nitrogens with zero attached hydrogens (tertiary/aromatic N) is 3. The fourth-order valence-electron chi connectivity index (χ4n) is 5.61. The Hall–Kier alpha value is -3.59. The van der Waals surface area contributed by atoms with Crippen molar-refractivity contribution in [1.82, 2.24) is 9.88 Å². The third kappa shape index (κ3) is 5.96. The van der Waals surface area contributed by atoms with E-state index in [9.17, 15) is 5.11 Å². The second kappa shape index (κ2) is 13.0. The number of aryl methyl sites for hydroxylation is 1. The molecular weight excluding hydrogens is 591 g/mol. The highest BCUT2D eigenvalue weighted by Gasteiger charge is 2.40. The number of fused-ring (bicyclic) bond motifs is 1. The molecule has 2 unspecified atom stereocenters. The molecule has 0 saturated carbocycles. The molecule has 5 aromatic rings. The summed E-state index contributed by atoms with van der Waals surface area (Å²) in [5.74, 6) is 1.17. The van der Waals surface area contributed by atoms with Crippen molar-refractivity contribution < 1.29 is 14.4 Å². The number of aromatic hydroxyl groups is 1. The fraction of sp³-hybridized carbons (Fsp3) is 0.257. The Kier molecular flexibility index (Phi) is 8.88. The molecule has 2 aromatic heterocycles. The van der Waals surface area contributed by atoms with E-state index in [0.29, 0.717) is 13.2 Å². The van der Waals surface area contributed by atoms with Gasteiger partial charge in [0.1, 0.15) is 15.6 Å². The van der Waals surface area contributed by atoms with Crippen LogP contribution in [0.2, 0.25) is 0 Å². The topological polar surface area (TPSA) is 49.5 Å². The number of rotatable bonds is 9. The average Bonchev–Trinajstić information content (AvgIpc) is 3.69. The van der Waals surface area contributed by atoms with Gasteiger partial charge in [-0.1, -0.05) is 83.8 Å². The third-order valence-corrected chi connectivity index (χ3v) is 11.1. The second-order valence-electron chi connectivity index (χ2n) is 10.3. The maximum Gasteiger partial charge on any atom is 0.384 e. The first kappa shape index (κ1) is 29.5. The average molecular weight is 627 g/mol. The normalized spacial score (nSPS) is 18.0. The molecule has 1 aliphatic heterocycles. The summed E-state index contributed by atoms with van der Waals surface area (Å²) >= 11 is 5.16. The first-order valence-corrected chi connectivity index (χ1v) is 17.2. The van der Waals surface area contributed by atoms with Crippen molar-refractivity contribution in [3.05, 3.63) is 109 Å². The van der Waals surface area contributed by atoms with Gasteiger partial charge in [-0.2, -0.15) is 4.57 Å². The van der Waals surface area contributed by atoms with E-state index in [2.05, 4.69) is 98.5 Å². The molecule has 220 valence electrons. The zero-order valence-electron chi connectivity index (χ0n) is 24.9. The van der Waals surface area contributed by atoms with Crippen molar-refractivity contribution in [2.24, 2.45) is 0 Å². The Balaban J connectivity index is 1.34. The maximum atomic E-state index is 11.3. The summed E-state index contributed by atoms with van der Waals surface area (Å²) in [5.41, 5.74) is 4.68. The summed E-state index contributed by atoms with van der Waals surface area (Å²) in [6.45, 7) is 10.6. The van der Waals surface area contributed by atoms with Gasteiger partial charge in [-0.15, -0.1) is 11.3 Å². The summed E-state index contributed by atoms with van der Waals surface area (Å²) in [4.78, 5) is 8.14. The number of likely N-dealkylation sites (N-methyl/N-ethyl adjacent to an activating group) is 1. The van der Waals surface area contributed by atoms with Gasteiger partial charge in [-0.25, -0.2) is 4.98 Å². The van der Waals surface area contributed by atoms with Crippen LogP contribution in [-0.2, 0) is 6.54 Å². The molecule has 5 nitrogen and oxygen atoms in total. The lowest BCUT2D eigenvalue weighted by molar-refractivity contribution is -0.696. The van der Waals surface area contributed by atoms with Crippen molar-refractivity contribution in [2.75, 3.05) is 13.2 Å². The number of hydrogen-bond acceptors (Lipinski definition) is 7. The highest BCUT2D eigenvalue weighted by atomic mass is 32.2. The van der Waals surface area contributed by atoms with Crippen molar-refractivity contribution >= 4 is 62.9 Å². The van der Waals surface area contributed by atoms with Crippen LogP contribution in [0.15, 0.2) is 77.8 Å². The molecule has 6 rings (SSSR count). The van der Waals surface area contributed by atoms with E-state index in [1.807, 2.05) is 41.5 Å². The number of aromatic nitrogens is 2. The minimum atomic E-state index is 0.221. The van der Waals surface area contributed by atoms with Crippen LogP contribution in [0.25, 0.3) is 28.4 Å². The van der Waals surface area contributed by atoms with Crippen LogP contribution in [0.1, 0.15) is 63.6 Å². The van der Waals surface area contributed by atoms with E-state index in [1.165, 1.54) is 16.2 Å². The van der Waals surface area contributed by atoms with Gasteiger partial charge in [0.15, 0.2) is 6.54 Å². The molecule has 8 heteroatoms. The van der Waals surface area contributed by atoms with Gasteiger partial charge in [-0.05, 0) is 62.6 Å². The van der Waals surface area contributed by atoms with Crippen LogP contribution in [-0.4, -0.2) is 28.1 Å². The highest BCUT2D eigenvalue weighted by Crippen LogP contribution is 2.56. The van der Waals surface area contributed by atoms with Gasteiger partial charge >= 0.3 is 5.88 Å². The highest BCUT2D eigenvalue weighted by molar-refractivity contribution is 8.03. The molecule has 3 aromatic carbocycles. The number of ether oxygens (including phenoxy) is 1. The van der Waals surface area contributed by atoms with Crippen molar-refractivity contribution in [3.63, 3.8) is 0 Å². The standard InChI is InChI=1S/C35H35N3O2S3/c1-5-37-31(43-34(25-16-12-9-13-17-25)33(37)24-14-10-8-11-15-24)22-32-38(6-2)35(39)28(42-32)18-19-30-36-26-21-27(40-7-3)23(4)20-29(26)41-30/h8-22,33-34H,5-7H2,1-4H3/p+1. The van der Waals surface area contributed by atoms with E-state index in [4.69, 9.17) is 9.72 Å². The van der Waals surface area contributed by atoms with E-state index in [1.54, 1.807) is 22.7 Å². The Labute approximate surface area is 265 Å². The molecule has 43 heavy (non-hydrogen) atoms. The molecular formula is C35H36N3O2S3+. The number of benzene rings is 3. The molecule has 0 bridgehead atoms. The summed E-state index contributed by atoms with van der Waals surface area (Å²) in [5, 5.41) is 14.7. The zero-order chi connectivity index (χ0) is 29.9. The minimum absolute atomic E-state index is 0.221. The summed E-state index contributed by atoms with van der Waals surface area (Å²) in [6.07, 6.45) is 6.25. The predicted molar refractivity (Wildman–Crippen MR) is 183 cm³/mol. The molecule has 1 N–H and O–H groups in total. The van der Waals surface area contributed by atoms with Crippen LogP contribution in [0.3, 0.4) is 0 Å². The molecule has 1 saturated heterocycles. The monoisotopic (exact) mass is 626 g/mol. The summed E-state index contributed by atoms with van der Waals surface area (Å²) < 4.78 is 8.89. The minimum Gasteiger partial charge on any atom is -0.494 e. The van der Waals surface area contributed by atoms with E-state index < -0.39 is 0 Å². The van der Waals surface area contributed by atoms with Crippen LogP contribution in [0, 0.1) is 6.92 Å². The Bertz CT molecular complexity index is 1780. The quantitative estimate of drug-likeness (QED) is 0.165. The number of thioether (sulfide) groups is 1. The molecule has 1 fully saturated rings. The molecule has 0 amide bonds. The van der Waals surface area contributed by atoms with Gasteiger partial charge in [0.05, 0.1) is 39.2 Å². The van der Waals surface area contributed by atoms with Crippen LogP contribution < -0.4 is 9.30 Å². The van der Waals surface area contributed by atoms with E-state index in [0.717, 1.165) is 43.0 Å². The Morgan fingerprint density at radius 2 is 1.67 bits per heavy atom. The Morgan fingerprint density at radius 3 is 2.35 bits per heavy atom. The van der Waals surface area contributed by atoms with Crippen LogP contribution in [0.5, 0.6) is 11.6 Å². The van der Waals surface area contributed by atoms with Crippen molar-refractivity contribution in [2.45, 2.75) is 45.5 Å². The molecule has 0 spiro atoms. The predicted octanol–water partition coefficient (Wildman–Crippen LogP) is 9.10. The van der Waals surface area contributed by atoms with Crippen LogP contribution >= 0.6 is 34.4 Å². The van der Waals surface area contributed by atoms with Gasteiger partial charge in [-0.3, -0.25) is 0 Å². The fourth-order valence-corrected chi connectivity index (χ4v) is 9.24. The van der Waals surface area contributed by atoms with Gasteiger partial charge in [0.2, 0.25) is 0 Å². The summed E-state index contributed by atoms with van der Waals surface area (Å²) in [6, 6.07) is 26.0. The van der Waals surface area contributed by atoms with E-state index >= 15 is 0 Å². The molecule has 3 heterocycles. The summed E-state index contributed by atoms with van der Waals surface area (Å²) in [7, 11) is 0. The lowest BCUT2D eigenvalue weighted by atomic mass is 9.97. The first-order valence-electron chi connectivity index (χ1n) is 14.7. The third-order valence-electron chi connectivity index (χ3n) is 7.66. The van der Waals surface area contributed by atoms with Crippen molar-refractivity contribution in [3.8, 4) is 11.6 Å². The van der Waals surface area contributed by atoms with E-state index in [-0.39, 0.29) is 17.2 Å². The second-order valence-corrected chi connectivity index (χ2v) is 13.6. The lowest BCUT2D eigenvalue weighted by Crippen LogP contribution is -2.33. The van der Waals surface area contributed by atoms with Gasteiger partial charge < -0.3 is 14.7 Å². The van der Waals surface area contributed by atoms with Crippen molar-refractivity contribution in [1.29, 1.82) is 0 Å². The molecule has 0 radical (unpaired) electrons. The first-order chi connectivity index (χ1) is 21.0. The molecule has 1 aliphatic rings. The maximum absolute atomic E-state index is 11.3. The zero-order valence-corrected chi connectivity index (χ0v) is 27.3. The molecule has 2 atom stereocenters. The number of thiazole rings is 2. The smallest absolute Gasteiger partial charge is 0.384 e. The SMILES string of the molecule is CCOc1cc2nc(C=Cc3sc(C=C4SC(c5ccccc5)C(c5ccccc5)N4CC)[n+](CC)c3O)sc2cc1C. The van der Waals surface area contributed by atoms with Crippen LogP contribution in [0.4, 0.5) is 0 Å². The number of hydrogen-bond donors (Lipinski definition) is 1. The molecule has 0 aliphatic carbocycles. The Morgan fingerprint density at radius 1 is 0.953 bits per heavy atom. The van der Waals surface area contributed by atoms with Gasteiger partial charge in [0, 0.05) is 12.6 Å². The lowest BCUT2D eigenvalue weighted by Gasteiger charge is -2.28. The van der Waals surface area contributed by atoms with Gasteiger partial charge in [0.25, 0.3) is 5.01 Å². The largest absolute Gasteiger partial charge is 0.494 e.